The maximum absolute atomic E-state index is 11.9. The highest BCUT2D eigenvalue weighted by molar-refractivity contribution is 5.94. The third-order valence-electron chi connectivity index (χ3n) is 2.70. The Morgan fingerprint density at radius 1 is 1.29 bits per heavy atom. The van der Waals surface area contributed by atoms with E-state index in [2.05, 4.69) is 0 Å². The van der Waals surface area contributed by atoms with E-state index in [1.807, 2.05) is 20.8 Å². The number of rotatable bonds is 4. The van der Waals surface area contributed by atoms with Crippen molar-refractivity contribution in [2.45, 2.75) is 26.9 Å². The number of para-hydroxylation sites is 1. The van der Waals surface area contributed by atoms with Gasteiger partial charge in [-0.2, -0.15) is 0 Å². The molecule has 0 heterocycles. The fourth-order valence-electron chi connectivity index (χ4n) is 1.31. The van der Waals surface area contributed by atoms with Crippen LogP contribution in [0, 0.1) is 5.92 Å². The fourth-order valence-corrected chi connectivity index (χ4v) is 1.31. The number of hydrogen-bond donors (Lipinski definition) is 1. The van der Waals surface area contributed by atoms with Gasteiger partial charge in [-0.05, 0) is 25.0 Å². The van der Waals surface area contributed by atoms with E-state index in [-0.39, 0.29) is 12.0 Å². The lowest BCUT2D eigenvalue weighted by molar-refractivity contribution is 0.0235. The van der Waals surface area contributed by atoms with Gasteiger partial charge in [0.05, 0.1) is 12.8 Å². The second-order valence-electron chi connectivity index (χ2n) is 4.28. The van der Waals surface area contributed by atoms with Crippen LogP contribution in [0.4, 0.5) is 5.69 Å². The van der Waals surface area contributed by atoms with Crippen LogP contribution in [0.3, 0.4) is 0 Å². The Bertz CT molecular complexity index is 402. The van der Waals surface area contributed by atoms with E-state index in [9.17, 15) is 4.79 Å². The first-order chi connectivity index (χ1) is 7.97. The van der Waals surface area contributed by atoms with E-state index in [0.29, 0.717) is 17.0 Å². The van der Waals surface area contributed by atoms with Crippen molar-refractivity contribution in [1.82, 2.24) is 0 Å². The quantitative estimate of drug-likeness (QED) is 0.645. The summed E-state index contributed by atoms with van der Waals surface area (Å²) in [6.07, 6.45) is -0.145. The summed E-state index contributed by atoms with van der Waals surface area (Å²) in [5.74, 6) is 0.231. The van der Waals surface area contributed by atoms with Gasteiger partial charge < -0.3 is 15.2 Å². The van der Waals surface area contributed by atoms with Crippen LogP contribution in [0.2, 0.25) is 0 Å². The van der Waals surface area contributed by atoms with Crippen LogP contribution in [0.15, 0.2) is 18.2 Å². The number of benzene rings is 1. The van der Waals surface area contributed by atoms with Crippen LogP contribution in [-0.2, 0) is 4.74 Å². The van der Waals surface area contributed by atoms with Crippen molar-refractivity contribution in [3.8, 4) is 5.75 Å². The Balaban J connectivity index is 2.93. The minimum atomic E-state index is -0.407. The van der Waals surface area contributed by atoms with Gasteiger partial charge in [-0.3, -0.25) is 0 Å². The molecule has 0 aromatic heterocycles. The topological polar surface area (TPSA) is 61.5 Å². The zero-order valence-corrected chi connectivity index (χ0v) is 10.7. The van der Waals surface area contributed by atoms with Gasteiger partial charge in [-0.15, -0.1) is 0 Å². The monoisotopic (exact) mass is 237 g/mol. The van der Waals surface area contributed by atoms with Gasteiger partial charge in [0.2, 0.25) is 0 Å². The lowest BCUT2D eigenvalue weighted by Crippen LogP contribution is -2.20. The molecule has 0 aliphatic heterocycles. The molecule has 1 aromatic rings. The number of methoxy groups -OCH3 is 1. The number of anilines is 1. The maximum Gasteiger partial charge on any atom is 0.342 e. The molecule has 2 N–H and O–H groups in total. The molecule has 17 heavy (non-hydrogen) atoms. The Hall–Kier alpha value is -1.71. The van der Waals surface area contributed by atoms with Crippen LogP contribution in [0.5, 0.6) is 5.75 Å². The average molecular weight is 237 g/mol. The lowest BCUT2D eigenvalue weighted by atomic mass is 10.1. The van der Waals surface area contributed by atoms with Crippen molar-refractivity contribution in [2.75, 3.05) is 12.8 Å². The lowest BCUT2D eigenvalue weighted by Gasteiger charge is -2.17. The van der Waals surface area contributed by atoms with E-state index in [4.69, 9.17) is 15.2 Å². The van der Waals surface area contributed by atoms with Crippen molar-refractivity contribution in [2.24, 2.45) is 5.92 Å². The number of esters is 1. The standard InChI is InChI=1S/C13H19NO3/c1-8(2)9(3)17-13(15)10-6-5-7-11(14)12(10)16-4/h5-9H,14H2,1-4H3. The SMILES string of the molecule is COc1c(N)cccc1C(=O)OC(C)C(C)C. The van der Waals surface area contributed by atoms with Gasteiger partial charge in [0, 0.05) is 0 Å². The highest BCUT2D eigenvalue weighted by Gasteiger charge is 2.19. The van der Waals surface area contributed by atoms with Gasteiger partial charge in [0.1, 0.15) is 11.7 Å². The first-order valence-corrected chi connectivity index (χ1v) is 5.60. The summed E-state index contributed by atoms with van der Waals surface area (Å²) in [6, 6.07) is 5.03. The van der Waals surface area contributed by atoms with Crippen LogP contribution in [0.1, 0.15) is 31.1 Å². The van der Waals surface area contributed by atoms with Gasteiger partial charge in [-0.25, -0.2) is 4.79 Å². The van der Waals surface area contributed by atoms with E-state index in [0.717, 1.165) is 0 Å². The minimum Gasteiger partial charge on any atom is -0.494 e. The predicted octanol–water partition coefficient (Wildman–Crippen LogP) is 2.48. The van der Waals surface area contributed by atoms with Crippen molar-refractivity contribution >= 4 is 11.7 Å². The number of carbonyl (C=O) groups excluding carboxylic acids is 1. The number of ether oxygens (including phenoxy) is 2. The normalized spacial score (nSPS) is 12.3. The molecule has 0 fully saturated rings. The molecule has 0 aliphatic carbocycles. The summed E-state index contributed by atoms with van der Waals surface area (Å²) in [4.78, 5) is 11.9. The summed E-state index contributed by atoms with van der Waals surface area (Å²) in [7, 11) is 1.48. The summed E-state index contributed by atoms with van der Waals surface area (Å²) in [5.41, 5.74) is 6.52. The van der Waals surface area contributed by atoms with Crippen molar-refractivity contribution in [1.29, 1.82) is 0 Å². The van der Waals surface area contributed by atoms with Gasteiger partial charge in [0.15, 0.2) is 5.75 Å². The Labute approximate surface area is 102 Å². The zero-order chi connectivity index (χ0) is 13.0. The molecule has 0 saturated heterocycles. The summed E-state index contributed by atoms with van der Waals surface area (Å²) in [6.45, 7) is 5.85. The molecule has 4 nitrogen and oxygen atoms in total. The van der Waals surface area contributed by atoms with Crippen LogP contribution in [-0.4, -0.2) is 19.2 Å². The maximum atomic E-state index is 11.9. The molecule has 0 spiro atoms. The van der Waals surface area contributed by atoms with E-state index in [1.165, 1.54) is 7.11 Å². The zero-order valence-electron chi connectivity index (χ0n) is 10.7. The second kappa shape index (κ2) is 5.57. The number of nitrogen functional groups attached to an aromatic ring is 1. The first-order valence-electron chi connectivity index (χ1n) is 5.60. The smallest absolute Gasteiger partial charge is 0.342 e. The molecule has 0 amide bonds. The molecular weight excluding hydrogens is 218 g/mol. The van der Waals surface area contributed by atoms with Gasteiger partial charge in [0.25, 0.3) is 0 Å². The predicted molar refractivity (Wildman–Crippen MR) is 67.1 cm³/mol. The Morgan fingerprint density at radius 3 is 2.47 bits per heavy atom. The minimum absolute atomic E-state index is 0.145. The molecular formula is C13H19NO3. The third-order valence-corrected chi connectivity index (χ3v) is 2.70. The summed E-state index contributed by atoms with van der Waals surface area (Å²) < 4.78 is 10.4. The molecule has 0 saturated carbocycles. The fraction of sp³-hybridized carbons (Fsp3) is 0.462. The molecule has 1 atom stereocenters. The van der Waals surface area contributed by atoms with Crippen molar-refractivity contribution in [3.05, 3.63) is 23.8 Å². The summed E-state index contributed by atoms with van der Waals surface area (Å²) >= 11 is 0. The molecule has 1 rings (SSSR count). The number of carbonyl (C=O) groups is 1. The average Bonchev–Trinajstić information content (AvgIpc) is 2.28. The van der Waals surface area contributed by atoms with E-state index in [1.54, 1.807) is 18.2 Å². The van der Waals surface area contributed by atoms with Gasteiger partial charge in [-0.1, -0.05) is 19.9 Å². The number of hydrogen-bond acceptors (Lipinski definition) is 4. The highest BCUT2D eigenvalue weighted by Crippen LogP contribution is 2.27. The first kappa shape index (κ1) is 13.4. The van der Waals surface area contributed by atoms with Crippen LogP contribution < -0.4 is 10.5 Å². The third kappa shape index (κ3) is 3.12. The molecule has 1 aromatic carbocycles. The molecule has 0 bridgehead atoms. The highest BCUT2D eigenvalue weighted by atomic mass is 16.5. The molecule has 94 valence electrons. The summed E-state index contributed by atoms with van der Waals surface area (Å²) in [5, 5.41) is 0. The Morgan fingerprint density at radius 2 is 1.94 bits per heavy atom. The number of nitrogens with two attached hydrogens (primary N) is 1. The second-order valence-corrected chi connectivity index (χ2v) is 4.28. The van der Waals surface area contributed by atoms with Crippen molar-refractivity contribution < 1.29 is 14.3 Å². The molecule has 4 heteroatoms. The molecule has 0 radical (unpaired) electrons. The molecule has 0 aliphatic rings. The van der Waals surface area contributed by atoms with E-state index < -0.39 is 5.97 Å². The van der Waals surface area contributed by atoms with Crippen LogP contribution in [0.25, 0.3) is 0 Å². The van der Waals surface area contributed by atoms with Crippen LogP contribution >= 0.6 is 0 Å². The largest absolute Gasteiger partial charge is 0.494 e. The van der Waals surface area contributed by atoms with Crippen molar-refractivity contribution in [3.63, 3.8) is 0 Å². The van der Waals surface area contributed by atoms with E-state index >= 15 is 0 Å². The van der Waals surface area contributed by atoms with Gasteiger partial charge >= 0.3 is 5.97 Å². The Kier molecular flexibility index (Phi) is 4.37. The molecule has 1 unspecified atom stereocenters.